The third-order valence-corrected chi connectivity index (χ3v) is 4.98. The van der Waals surface area contributed by atoms with Gasteiger partial charge in [0, 0.05) is 28.4 Å². The molecule has 0 saturated carbocycles. The van der Waals surface area contributed by atoms with Crippen LogP contribution in [0.3, 0.4) is 0 Å². The first-order chi connectivity index (χ1) is 11.8. The minimum absolute atomic E-state index is 1.01. The van der Waals surface area contributed by atoms with Crippen LogP contribution in [-0.4, -0.2) is 4.57 Å². The van der Waals surface area contributed by atoms with Gasteiger partial charge in [0.15, 0.2) is 0 Å². The van der Waals surface area contributed by atoms with Gasteiger partial charge in [0.2, 0.25) is 0 Å². The zero-order chi connectivity index (χ0) is 16.5. The van der Waals surface area contributed by atoms with Crippen molar-refractivity contribution in [2.24, 2.45) is 0 Å². The van der Waals surface area contributed by atoms with Gasteiger partial charge in [-0.05, 0) is 56.0 Å². The fourth-order valence-electron chi connectivity index (χ4n) is 3.64. The second-order valence-electron chi connectivity index (χ2n) is 6.60. The topological polar surface area (TPSA) is 4.93 Å². The smallest absolute Gasteiger partial charge is 0.0491 e. The van der Waals surface area contributed by atoms with Crippen LogP contribution in [0.15, 0.2) is 66.7 Å². The first-order valence-corrected chi connectivity index (χ1v) is 8.81. The van der Waals surface area contributed by atoms with Gasteiger partial charge >= 0.3 is 0 Å². The molecule has 0 radical (unpaired) electrons. The molecule has 1 aromatic heterocycles. The highest BCUT2D eigenvalue weighted by Gasteiger charge is 2.09. The fraction of sp³-hybridized carbons (Fsp3) is 0.217. The van der Waals surface area contributed by atoms with Gasteiger partial charge in [0.25, 0.3) is 0 Å². The molecule has 0 saturated heterocycles. The number of para-hydroxylation sites is 1. The summed E-state index contributed by atoms with van der Waals surface area (Å²) in [4.78, 5) is 0. The van der Waals surface area contributed by atoms with E-state index in [0.29, 0.717) is 0 Å². The Bertz CT molecular complexity index is 990. The summed E-state index contributed by atoms with van der Waals surface area (Å²) in [5, 5.41) is 2.75. The van der Waals surface area contributed by atoms with Crippen LogP contribution in [0.2, 0.25) is 0 Å². The number of aryl methyl sites for hydroxylation is 4. The molecule has 1 heterocycles. The molecule has 0 N–H and O–H groups in total. The van der Waals surface area contributed by atoms with E-state index in [1.807, 2.05) is 0 Å². The van der Waals surface area contributed by atoms with E-state index < -0.39 is 0 Å². The summed E-state index contributed by atoms with van der Waals surface area (Å²) in [5.74, 6) is 0. The van der Waals surface area contributed by atoms with Gasteiger partial charge in [-0.15, -0.1) is 0 Å². The lowest BCUT2D eigenvalue weighted by Crippen LogP contribution is -1.94. The van der Waals surface area contributed by atoms with Crippen LogP contribution in [0, 0.1) is 6.92 Å². The number of nitrogens with zero attached hydrogens (tertiary/aromatic N) is 1. The number of benzene rings is 3. The largest absolute Gasteiger partial charge is 0.341 e. The number of hydrogen-bond donors (Lipinski definition) is 0. The quantitative estimate of drug-likeness (QED) is 0.441. The van der Waals surface area contributed by atoms with E-state index in [0.717, 1.165) is 19.4 Å². The lowest BCUT2D eigenvalue weighted by molar-refractivity contribution is 0.827. The summed E-state index contributed by atoms with van der Waals surface area (Å²) < 4.78 is 2.41. The Morgan fingerprint density at radius 2 is 1.38 bits per heavy atom. The van der Waals surface area contributed by atoms with Crippen LogP contribution in [-0.2, 0) is 19.4 Å². The lowest BCUT2D eigenvalue weighted by atomic mass is 10.0. The molecule has 0 amide bonds. The van der Waals surface area contributed by atoms with Crippen molar-refractivity contribution in [1.29, 1.82) is 0 Å². The maximum absolute atomic E-state index is 2.41. The van der Waals surface area contributed by atoms with E-state index in [4.69, 9.17) is 0 Å². The molecule has 0 aliphatic rings. The molecule has 1 nitrogen and oxygen atoms in total. The van der Waals surface area contributed by atoms with Crippen molar-refractivity contribution in [1.82, 2.24) is 4.57 Å². The Morgan fingerprint density at radius 3 is 2.17 bits per heavy atom. The summed E-state index contributed by atoms with van der Waals surface area (Å²) >= 11 is 0. The number of fused-ring (bicyclic) bond motifs is 3. The highest BCUT2D eigenvalue weighted by atomic mass is 15.0. The SMILES string of the molecule is CCn1c2ccccc2c2cc(CCc3ccc(C)cc3)ccc21. The van der Waals surface area contributed by atoms with Crippen LogP contribution in [0.25, 0.3) is 21.8 Å². The normalized spacial score (nSPS) is 11.4. The minimum Gasteiger partial charge on any atom is -0.341 e. The van der Waals surface area contributed by atoms with Crippen LogP contribution in [0.4, 0.5) is 0 Å². The predicted molar refractivity (Wildman–Crippen MR) is 104 cm³/mol. The van der Waals surface area contributed by atoms with Crippen molar-refractivity contribution in [3.8, 4) is 0 Å². The van der Waals surface area contributed by atoms with Crippen molar-refractivity contribution in [2.45, 2.75) is 33.2 Å². The number of aromatic nitrogens is 1. The van der Waals surface area contributed by atoms with Crippen LogP contribution < -0.4 is 0 Å². The molecular formula is C23H23N. The molecule has 120 valence electrons. The van der Waals surface area contributed by atoms with E-state index >= 15 is 0 Å². The molecule has 24 heavy (non-hydrogen) atoms. The summed E-state index contributed by atoms with van der Waals surface area (Å²) in [6, 6.07) is 24.6. The van der Waals surface area contributed by atoms with Crippen molar-refractivity contribution >= 4 is 21.8 Å². The van der Waals surface area contributed by atoms with Crippen LogP contribution in [0.1, 0.15) is 23.6 Å². The molecular weight excluding hydrogens is 290 g/mol. The van der Waals surface area contributed by atoms with E-state index in [1.54, 1.807) is 0 Å². The van der Waals surface area contributed by atoms with Gasteiger partial charge in [-0.25, -0.2) is 0 Å². The highest BCUT2D eigenvalue weighted by molar-refractivity contribution is 6.08. The van der Waals surface area contributed by atoms with Gasteiger partial charge in [0.05, 0.1) is 0 Å². The van der Waals surface area contributed by atoms with Gasteiger partial charge in [-0.3, -0.25) is 0 Å². The molecule has 0 aliphatic carbocycles. The Labute approximate surface area is 143 Å². The molecule has 0 atom stereocenters. The van der Waals surface area contributed by atoms with Gasteiger partial charge in [0.1, 0.15) is 0 Å². The molecule has 3 aromatic carbocycles. The standard InChI is InChI=1S/C23H23N/c1-3-24-22-7-5-4-6-20(22)21-16-19(14-15-23(21)24)13-12-18-10-8-17(2)9-11-18/h4-11,14-16H,3,12-13H2,1-2H3. The summed E-state index contributed by atoms with van der Waals surface area (Å²) in [5.41, 5.74) is 6.84. The molecule has 4 aromatic rings. The van der Waals surface area contributed by atoms with E-state index in [-0.39, 0.29) is 0 Å². The Balaban J connectivity index is 1.70. The minimum atomic E-state index is 1.01. The molecule has 0 aliphatic heterocycles. The lowest BCUT2D eigenvalue weighted by Gasteiger charge is -2.05. The van der Waals surface area contributed by atoms with Gasteiger partial charge < -0.3 is 4.57 Å². The molecule has 4 rings (SSSR count). The Kier molecular flexibility index (Phi) is 3.86. The third kappa shape index (κ3) is 2.60. The van der Waals surface area contributed by atoms with Gasteiger partial charge in [-0.1, -0.05) is 54.1 Å². The van der Waals surface area contributed by atoms with Crippen molar-refractivity contribution in [3.05, 3.63) is 83.4 Å². The zero-order valence-corrected chi connectivity index (χ0v) is 14.4. The third-order valence-electron chi connectivity index (χ3n) is 4.98. The molecule has 0 fully saturated rings. The Morgan fingerprint density at radius 1 is 0.708 bits per heavy atom. The highest BCUT2D eigenvalue weighted by Crippen LogP contribution is 2.30. The van der Waals surface area contributed by atoms with E-state index in [9.17, 15) is 0 Å². The molecule has 1 heteroatoms. The zero-order valence-electron chi connectivity index (χ0n) is 14.4. The Hall–Kier alpha value is -2.54. The second-order valence-corrected chi connectivity index (χ2v) is 6.60. The van der Waals surface area contributed by atoms with E-state index in [1.165, 1.54) is 38.5 Å². The molecule has 0 spiro atoms. The summed E-state index contributed by atoms with van der Waals surface area (Å²) in [6.07, 6.45) is 2.18. The average Bonchev–Trinajstić information content (AvgIpc) is 2.94. The predicted octanol–water partition coefficient (Wildman–Crippen LogP) is 5.91. The number of hydrogen-bond acceptors (Lipinski definition) is 0. The van der Waals surface area contributed by atoms with Crippen LogP contribution >= 0.6 is 0 Å². The summed E-state index contributed by atoms with van der Waals surface area (Å²) in [6.45, 7) is 5.37. The van der Waals surface area contributed by atoms with Gasteiger partial charge in [-0.2, -0.15) is 0 Å². The fourth-order valence-corrected chi connectivity index (χ4v) is 3.64. The number of rotatable bonds is 4. The molecule has 0 unspecified atom stereocenters. The monoisotopic (exact) mass is 313 g/mol. The maximum Gasteiger partial charge on any atom is 0.0491 e. The molecule has 0 bridgehead atoms. The van der Waals surface area contributed by atoms with Crippen molar-refractivity contribution in [3.63, 3.8) is 0 Å². The maximum atomic E-state index is 2.41. The van der Waals surface area contributed by atoms with Crippen molar-refractivity contribution < 1.29 is 0 Å². The first kappa shape index (κ1) is 15.0. The first-order valence-electron chi connectivity index (χ1n) is 8.81. The summed E-state index contributed by atoms with van der Waals surface area (Å²) in [7, 11) is 0. The van der Waals surface area contributed by atoms with Crippen LogP contribution in [0.5, 0.6) is 0 Å². The average molecular weight is 313 g/mol. The second kappa shape index (κ2) is 6.16. The van der Waals surface area contributed by atoms with Crippen molar-refractivity contribution in [2.75, 3.05) is 0 Å². The van der Waals surface area contributed by atoms with E-state index in [2.05, 4.69) is 85.1 Å².